The van der Waals surface area contributed by atoms with Crippen LogP contribution >= 0.6 is 11.6 Å². The first-order valence-electron chi connectivity index (χ1n) is 7.77. The van der Waals surface area contributed by atoms with E-state index >= 15 is 0 Å². The number of hydrogen-bond acceptors (Lipinski definition) is 4. The van der Waals surface area contributed by atoms with Gasteiger partial charge in [-0.3, -0.25) is 4.79 Å². The smallest absolute Gasteiger partial charge is 0.322 e. The molecule has 1 aliphatic rings. The Bertz CT molecular complexity index is 500. The van der Waals surface area contributed by atoms with E-state index in [4.69, 9.17) is 21.1 Å². The summed E-state index contributed by atoms with van der Waals surface area (Å²) in [5.41, 5.74) is 1.03. The first-order valence-corrected chi connectivity index (χ1v) is 8.15. The van der Waals surface area contributed by atoms with Crippen LogP contribution in [-0.2, 0) is 19.7 Å². The molecule has 0 unspecified atom stereocenters. The number of nitrogens with one attached hydrogen (secondary N) is 1. The van der Waals surface area contributed by atoms with Gasteiger partial charge in [-0.15, -0.1) is 0 Å². The van der Waals surface area contributed by atoms with Crippen molar-refractivity contribution in [1.82, 2.24) is 5.32 Å². The number of methoxy groups -OCH3 is 1. The standard InChI is InChI=1S/C17H24ClNO3/c1-3-15(16(20)21-2)19-12-17(8-10-22-11-9-17)13-6-4-5-7-14(13)18/h4-7,15,19H,3,8-12H2,1-2H3/t15-/m1/s1. The molecule has 1 atom stereocenters. The molecule has 5 heteroatoms. The third-order valence-electron chi connectivity index (χ3n) is 4.48. The Kier molecular flexibility index (Phi) is 6.24. The zero-order chi connectivity index (χ0) is 16.0. The highest BCUT2D eigenvalue weighted by Crippen LogP contribution is 2.38. The maximum Gasteiger partial charge on any atom is 0.322 e. The lowest BCUT2D eigenvalue weighted by Gasteiger charge is -2.39. The average Bonchev–Trinajstić information content (AvgIpc) is 2.56. The van der Waals surface area contributed by atoms with Gasteiger partial charge in [0.15, 0.2) is 0 Å². The Balaban J connectivity index is 2.20. The number of esters is 1. The van der Waals surface area contributed by atoms with Crippen LogP contribution in [0.25, 0.3) is 0 Å². The molecule has 1 aromatic rings. The van der Waals surface area contributed by atoms with Gasteiger partial charge in [0, 0.05) is 30.2 Å². The van der Waals surface area contributed by atoms with Crippen LogP contribution in [-0.4, -0.2) is 38.9 Å². The van der Waals surface area contributed by atoms with E-state index in [1.165, 1.54) is 7.11 Å². The molecule has 4 nitrogen and oxygen atoms in total. The van der Waals surface area contributed by atoms with E-state index in [9.17, 15) is 4.79 Å². The highest BCUT2D eigenvalue weighted by Gasteiger charge is 2.36. The van der Waals surface area contributed by atoms with E-state index < -0.39 is 0 Å². The lowest BCUT2D eigenvalue weighted by atomic mass is 9.74. The number of carbonyl (C=O) groups excluding carboxylic acids is 1. The molecule has 0 bridgehead atoms. The van der Waals surface area contributed by atoms with Crippen LogP contribution < -0.4 is 5.32 Å². The van der Waals surface area contributed by atoms with Gasteiger partial charge < -0.3 is 14.8 Å². The summed E-state index contributed by atoms with van der Waals surface area (Å²) < 4.78 is 10.4. The van der Waals surface area contributed by atoms with Crippen molar-refractivity contribution < 1.29 is 14.3 Å². The van der Waals surface area contributed by atoms with Gasteiger partial charge in [0.1, 0.15) is 6.04 Å². The predicted molar refractivity (Wildman–Crippen MR) is 87.3 cm³/mol. The lowest BCUT2D eigenvalue weighted by molar-refractivity contribution is -0.143. The van der Waals surface area contributed by atoms with Crippen molar-refractivity contribution >= 4 is 17.6 Å². The van der Waals surface area contributed by atoms with Crippen molar-refractivity contribution in [3.8, 4) is 0 Å². The molecule has 122 valence electrons. The summed E-state index contributed by atoms with van der Waals surface area (Å²) in [5.74, 6) is -0.219. The van der Waals surface area contributed by atoms with E-state index in [1.807, 2.05) is 25.1 Å². The Labute approximate surface area is 137 Å². The number of carbonyl (C=O) groups is 1. The highest BCUT2D eigenvalue weighted by molar-refractivity contribution is 6.31. The predicted octanol–water partition coefficient (Wildman–Crippen LogP) is 2.93. The molecule has 1 saturated heterocycles. The van der Waals surface area contributed by atoms with Crippen LogP contribution in [0.1, 0.15) is 31.7 Å². The maximum atomic E-state index is 11.8. The number of ether oxygens (including phenoxy) is 2. The highest BCUT2D eigenvalue weighted by atomic mass is 35.5. The maximum absolute atomic E-state index is 11.8. The Morgan fingerprint density at radius 3 is 2.68 bits per heavy atom. The molecule has 2 rings (SSSR count). The van der Waals surface area contributed by atoms with E-state index in [-0.39, 0.29) is 17.4 Å². The third-order valence-corrected chi connectivity index (χ3v) is 4.81. The van der Waals surface area contributed by atoms with Crippen molar-refractivity contribution in [2.75, 3.05) is 26.9 Å². The molecular weight excluding hydrogens is 302 g/mol. The Morgan fingerprint density at radius 1 is 1.41 bits per heavy atom. The molecule has 1 aliphatic heterocycles. The molecule has 0 aromatic heterocycles. The fourth-order valence-corrected chi connectivity index (χ4v) is 3.39. The zero-order valence-corrected chi connectivity index (χ0v) is 14.0. The van der Waals surface area contributed by atoms with Crippen molar-refractivity contribution in [3.05, 3.63) is 34.9 Å². The second-order valence-electron chi connectivity index (χ2n) is 5.74. The molecule has 1 N–H and O–H groups in total. The second-order valence-corrected chi connectivity index (χ2v) is 6.14. The molecule has 22 heavy (non-hydrogen) atoms. The summed E-state index contributed by atoms with van der Waals surface area (Å²) in [6, 6.07) is 7.67. The van der Waals surface area contributed by atoms with E-state index in [0.717, 1.165) is 23.4 Å². The van der Waals surface area contributed by atoms with Crippen molar-refractivity contribution in [2.24, 2.45) is 0 Å². The number of halogens is 1. The SMILES string of the molecule is CC[C@@H](NCC1(c2ccccc2Cl)CCOCC1)C(=O)OC. The fourth-order valence-electron chi connectivity index (χ4n) is 3.05. The summed E-state index contributed by atoms with van der Waals surface area (Å²) in [7, 11) is 1.42. The normalized spacial score (nSPS) is 18.7. The third kappa shape index (κ3) is 3.80. The minimum atomic E-state index is -0.285. The van der Waals surface area contributed by atoms with Gasteiger partial charge in [0.05, 0.1) is 7.11 Å². The minimum Gasteiger partial charge on any atom is -0.468 e. The fraction of sp³-hybridized carbons (Fsp3) is 0.588. The molecule has 0 spiro atoms. The van der Waals surface area contributed by atoms with Crippen LogP contribution in [0.2, 0.25) is 5.02 Å². The van der Waals surface area contributed by atoms with E-state index in [0.29, 0.717) is 26.2 Å². The van der Waals surface area contributed by atoms with Gasteiger partial charge >= 0.3 is 5.97 Å². The van der Waals surface area contributed by atoms with Gasteiger partial charge in [0.2, 0.25) is 0 Å². The summed E-state index contributed by atoms with van der Waals surface area (Å²) in [4.78, 5) is 11.8. The number of benzene rings is 1. The Hall–Kier alpha value is -1.10. The average molecular weight is 326 g/mol. The van der Waals surface area contributed by atoms with Crippen LogP contribution in [0.3, 0.4) is 0 Å². The summed E-state index contributed by atoms with van der Waals surface area (Å²) in [5, 5.41) is 4.14. The van der Waals surface area contributed by atoms with Gasteiger partial charge in [-0.25, -0.2) is 0 Å². The van der Waals surface area contributed by atoms with Crippen LogP contribution in [0.15, 0.2) is 24.3 Å². The van der Waals surface area contributed by atoms with Crippen molar-refractivity contribution in [2.45, 2.75) is 37.6 Å². The summed E-state index contributed by atoms with van der Waals surface area (Å²) >= 11 is 6.43. The monoisotopic (exact) mass is 325 g/mol. The van der Waals surface area contributed by atoms with Crippen molar-refractivity contribution in [3.63, 3.8) is 0 Å². The van der Waals surface area contributed by atoms with E-state index in [1.54, 1.807) is 0 Å². The van der Waals surface area contributed by atoms with E-state index in [2.05, 4.69) is 11.4 Å². The van der Waals surface area contributed by atoms with Gasteiger partial charge in [-0.1, -0.05) is 36.7 Å². The molecule has 0 saturated carbocycles. The van der Waals surface area contributed by atoms with Crippen LogP contribution in [0, 0.1) is 0 Å². The number of hydrogen-bond donors (Lipinski definition) is 1. The first kappa shape index (κ1) is 17.3. The second kappa shape index (κ2) is 7.95. The molecule has 1 fully saturated rings. The molecule has 1 aromatic carbocycles. The molecule has 0 amide bonds. The molecular formula is C17H24ClNO3. The van der Waals surface area contributed by atoms with Gasteiger partial charge in [0.25, 0.3) is 0 Å². The lowest BCUT2D eigenvalue weighted by Crippen LogP contribution is -2.48. The van der Waals surface area contributed by atoms with Crippen molar-refractivity contribution in [1.29, 1.82) is 0 Å². The largest absolute Gasteiger partial charge is 0.468 e. The Morgan fingerprint density at radius 2 is 2.09 bits per heavy atom. The quantitative estimate of drug-likeness (QED) is 0.817. The molecule has 0 aliphatic carbocycles. The minimum absolute atomic E-state index is 0.0992. The molecule has 0 radical (unpaired) electrons. The van der Waals surface area contributed by atoms with Gasteiger partial charge in [-0.2, -0.15) is 0 Å². The topological polar surface area (TPSA) is 47.6 Å². The summed E-state index contributed by atoms with van der Waals surface area (Å²) in [6.45, 7) is 4.08. The van der Waals surface area contributed by atoms with Gasteiger partial charge in [-0.05, 0) is 30.9 Å². The zero-order valence-electron chi connectivity index (χ0n) is 13.2. The summed E-state index contributed by atoms with van der Waals surface area (Å²) in [6.07, 6.45) is 2.48. The van der Waals surface area contributed by atoms with Crippen LogP contribution in [0.4, 0.5) is 0 Å². The molecule has 1 heterocycles. The first-order chi connectivity index (χ1) is 10.6. The van der Waals surface area contributed by atoms with Crippen LogP contribution in [0.5, 0.6) is 0 Å². The number of rotatable bonds is 6.